The molecule has 1 aromatic rings. The van der Waals surface area contributed by atoms with Crippen LogP contribution in [-0.4, -0.2) is 11.1 Å². The van der Waals surface area contributed by atoms with Gasteiger partial charge in [0.15, 0.2) is 0 Å². The van der Waals surface area contributed by atoms with Crippen molar-refractivity contribution < 1.29 is 14.3 Å². The zero-order chi connectivity index (χ0) is 8.59. The average molecular weight is 219 g/mol. The first-order valence-electron chi connectivity index (χ1n) is 3.02. The van der Waals surface area contributed by atoms with Gasteiger partial charge in [-0.3, -0.25) is 0 Å². The van der Waals surface area contributed by atoms with E-state index in [0.717, 1.165) is 0 Å². The smallest absolute Gasteiger partial charge is 0.340 e. The number of aryl methyl sites for hydroxylation is 2. The molecule has 0 saturated heterocycles. The summed E-state index contributed by atoms with van der Waals surface area (Å²) in [7, 11) is 0. The lowest BCUT2D eigenvalue weighted by Gasteiger charge is -1.88. The van der Waals surface area contributed by atoms with Crippen LogP contribution < -0.4 is 0 Å². The van der Waals surface area contributed by atoms with Crippen LogP contribution in [0.3, 0.4) is 0 Å². The number of hydrogen-bond donors (Lipinski definition) is 1. The Morgan fingerprint density at radius 1 is 1.45 bits per heavy atom. The third-order valence-electron chi connectivity index (χ3n) is 1.40. The molecule has 0 spiro atoms. The van der Waals surface area contributed by atoms with Crippen LogP contribution in [0.2, 0.25) is 0 Å². The molecule has 0 fully saturated rings. The predicted octanol–water partition coefficient (Wildman–Crippen LogP) is 2.36. The van der Waals surface area contributed by atoms with Gasteiger partial charge in [-0.15, -0.1) is 0 Å². The van der Waals surface area contributed by atoms with Crippen LogP contribution in [0.5, 0.6) is 0 Å². The molecule has 0 aromatic carbocycles. The molecule has 0 atom stereocenters. The standard InChI is InChI=1S/C7H7BrO3/c1-3-5(7(9)10)6(8)4(2)11-3/h1-2H3,(H,9,10). The summed E-state index contributed by atoms with van der Waals surface area (Å²) in [6.45, 7) is 3.34. The van der Waals surface area contributed by atoms with Gasteiger partial charge >= 0.3 is 5.97 Å². The molecule has 0 aliphatic rings. The van der Waals surface area contributed by atoms with Crippen LogP contribution in [0.1, 0.15) is 21.9 Å². The molecule has 0 amide bonds. The lowest BCUT2D eigenvalue weighted by Crippen LogP contribution is -1.96. The summed E-state index contributed by atoms with van der Waals surface area (Å²) in [5, 5.41) is 8.67. The predicted molar refractivity (Wildman–Crippen MR) is 42.8 cm³/mol. The largest absolute Gasteiger partial charge is 0.478 e. The maximum absolute atomic E-state index is 10.6. The fraction of sp³-hybridized carbons (Fsp3) is 0.286. The van der Waals surface area contributed by atoms with Crippen molar-refractivity contribution in [2.45, 2.75) is 13.8 Å². The molecule has 1 heterocycles. The molecule has 1 N–H and O–H groups in total. The highest BCUT2D eigenvalue weighted by Crippen LogP contribution is 2.26. The molecule has 60 valence electrons. The van der Waals surface area contributed by atoms with E-state index in [1.165, 1.54) is 0 Å². The summed E-state index contributed by atoms with van der Waals surface area (Å²) in [6.07, 6.45) is 0. The maximum atomic E-state index is 10.6. The molecule has 0 radical (unpaired) electrons. The molecule has 0 bridgehead atoms. The summed E-state index contributed by atoms with van der Waals surface area (Å²) in [5.41, 5.74) is 0.211. The van der Waals surface area contributed by atoms with E-state index in [1.807, 2.05) is 0 Å². The van der Waals surface area contributed by atoms with Gasteiger partial charge in [-0.1, -0.05) is 0 Å². The first-order chi connectivity index (χ1) is 5.04. The summed E-state index contributed by atoms with van der Waals surface area (Å²) in [4.78, 5) is 10.6. The Kier molecular flexibility index (Phi) is 2.04. The summed E-state index contributed by atoms with van der Waals surface area (Å²) < 4.78 is 5.61. The van der Waals surface area contributed by atoms with Crippen LogP contribution in [0.25, 0.3) is 0 Å². The third kappa shape index (κ3) is 1.30. The number of aromatic carboxylic acids is 1. The fourth-order valence-electron chi connectivity index (χ4n) is 0.901. The van der Waals surface area contributed by atoms with Crippen molar-refractivity contribution in [1.29, 1.82) is 0 Å². The normalized spacial score (nSPS) is 10.1. The van der Waals surface area contributed by atoms with Crippen molar-refractivity contribution in [1.82, 2.24) is 0 Å². The first kappa shape index (κ1) is 8.33. The summed E-state index contributed by atoms with van der Waals surface area (Å²) >= 11 is 3.13. The Hall–Kier alpha value is -0.770. The van der Waals surface area contributed by atoms with Gasteiger partial charge in [-0.25, -0.2) is 4.79 Å². The van der Waals surface area contributed by atoms with Gasteiger partial charge in [-0.2, -0.15) is 0 Å². The molecule has 0 aliphatic carbocycles. The second-order valence-electron chi connectivity index (χ2n) is 2.21. The van der Waals surface area contributed by atoms with Gasteiger partial charge in [0.1, 0.15) is 17.1 Å². The lowest BCUT2D eigenvalue weighted by molar-refractivity contribution is 0.0694. The van der Waals surface area contributed by atoms with Crippen molar-refractivity contribution in [2.75, 3.05) is 0 Å². The topological polar surface area (TPSA) is 50.4 Å². The Morgan fingerprint density at radius 3 is 2.18 bits per heavy atom. The Balaban J connectivity index is 3.34. The lowest BCUT2D eigenvalue weighted by atomic mass is 10.2. The third-order valence-corrected chi connectivity index (χ3v) is 2.36. The van der Waals surface area contributed by atoms with Crippen LogP contribution in [-0.2, 0) is 0 Å². The van der Waals surface area contributed by atoms with Crippen LogP contribution in [0.15, 0.2) is 8.89 Å². The molecular formula is C7H7BrO3. The van der Waals surface area contributed by atoms with E-state index in [-0.39, 0.29) is 5.56 Å². The molecular weight excluding hydrogens is 212 g/mol. The molecule has 3 nitrogen and oxygen atoms in total. The summed E-state index contributed by atoms with van der Waals surface area (Å²) in [5.74, 6) is 0.0630. The molecule has 1 aromatic heterocycles. The van der Waals surface area contributed by atoms with Gasteiger partial charge in [0.2, 0.25) is 0 Å². The molecule has 0 unspecified atom stereocenters. The van der Waals surface area contributed by atoms with E-state index >= 15 is 0 Å². The SMILES string of the molecule is Cc1oc(C)c(C(=O)O)c1Br. The van der Waals surface area contributed by atoms with Crippen molar-refractivity contribution in [3.05, 3.63) is 21.6 Å². The second-order valence-corrected chi connectivity index (χ2v) is 3.00. The second kappa shape index (κ2) is 2.70. The van der Waals surface area contributed by atoms with E-state index < -0.39 is 5.97 Å². The highest BCUT2D eigenvalue weighted by Gasteiger charge is 2.18. The number of carboxylic acids is 1. The van der Waals surface area contributed by atoms with Crippen LogP contribution in [0.4, 0.5) is 0 Å². The number of carbonyl (C=O) groups is 1. The van der Waals surface area contributed by atoms with Crippen LogP contribution >= 0.6 is 15.9 Å². The molecule has 0 aliphatic heterocycles. The van der Waals surface area contributed by atoms with Crippen molar-refractivity contribution in [3.63, 3.8) is 0 Å². The number of hydrogen-bond acceptors (Lipinski definition) is 2. The number of rotatable bonds is 1. The van der Waals surface area contributed by atoms with Gasteiger partial charge in [0, 0.05) is 0 Å². The van der Waals surface area contributed by atoms with Crippen molar-refractivity contribution >= 4 is 21.9 Å². The Morgan fingerprint density at radius 2 is 2.00 bits per heavy atom. The minimum atomic E-state index is -0.966. The quantitative estimate of drug-likeness (QED) is 0.788. The van der Waals surface area contributed by atoms with Gasteiger partial charge in [0.25, 0.3) is 0 Å². The molecule has 0 saturated carbocycles. The number of halogens is 1. The first-order valence-corrected chi connectivity index (χ1v) is 3.82. The van der Waals surface area contributed by atoms with E-state index in [4.69, 9.17) is 9.52 Å². The van der Waals surface area contributed by atoms with E-state index in [0.29, 0.717) is 16.0 Å². The highest BCUT2D eigenvalue weighted by molar-refractivity contribution is 9.10. The minimum absolute atomic E-state index is 0.211. The zero-order valence-electron chi connectivity index (χ0n) is 6.14. The molecule has 11 heavy (non-hydrogen) atoms. The highest BCUT2D eigenvalue weighted by atomic mass is 79.9. The molecule has 4 heteroatoms. The van der Waals surface area contributed by atoms with Gasteiger partial charge in [0.05, 0.1) is 4.47 Å². The maximum Gasteiger partial charge on any atom is 0.340 e. The van der Waals surface area contributed by atoms with Gasteiger partial charge < -0.3 is 9.52 Å². The van der Waals surface area contributed by atoms with Crippen LogP contribution in [0, 0.1) is 13.8 Å². The van der Waals surface area contributed by atoms with E-state index in [1.54, 1.807) is 13.8 Å². The monoisotopic (exact) mass is 218 g/mol. The summed E-state index contributed by atoms with van der Waals surface area (Å²) in [6, 6.07) is 0. The minimum Gasteiger partial charge on any atom is -0.478 e. The zero-order valence-corrected chi connectivity index (χ0v) is 7.73. The Labute approximate surface area is 72.1 Å². The van der Waals surface area contributed by atoms with E-state index in [2.05, 4.69) is 15.9 Å². The van der Waals surface area contributed by atoms with Crippen molar-refractivity contribution in [2.24, 2.45) is 0 Å². The van der Waals surface area contributed by atoms with Gasteiger partial charge in [-0.05, 0) is 29.8 Å². The van der Waals surface area contributed by atoms with Crippen molar-refractivity contribution in [3.8, 4) is 0 Å². The number of carboxylic acid groups (broad SMARTS) is 1. The number of furan rings is 1. The fourth-order valence-corrected chi connectivity index (χ4v) is 1.43. The average Bonchev–Trinajstić information content (AvgIpc) is 2.07. The Bertz CT molecular complexity index is 301. The molecule has 1 rings (SSSR count). The van der Waals surface area contributed by atoms with E-state index in [9.17, 15) is 4.79 Å².